The van der Waals surface area contributed by atoms with Gasteiger partial charge in [0.25, 0.3) is 0 Å². The van der Waals surface area contributed by atoms with Gasteiger partial charge in [-0.3, -0.25) is 9.59 Å². The molecule has 0 radical (unpaired) electrons. The van der Waals surface area contributed by atoms with Crippen molar-refractivity contribution in [1.29, 1.82) is 0 Å². The molecule has 0 heterocycles. The molecule has 0 aliphatic rings. The Balaban J connectivity index is -0.000000403. The molecule has 0 bridgehead atoms. The van der Waals surface area contributed by atoms with Crippen molar-refractivity contribution in [1.82, 2.24) is 0 Å². The van der Waals surface area contributed by atoms with Gasteiger partial charge in [-0.15, -0.1) is 0 Å². The molecule has 0 aromatic rings. The van der Waals surface area contributed by atoms with Crippen molar-refractivity contribution >= 4 is 11.9 Å². The molecule has 25 heavy (non-hydrogen) atoms. The van der Waals surface area contributed by atoms with Crippen LogP contribution in [0, 0.1) is 0 Å². The van der Waals surface area contributed by atoms with E-state index in [0.29, 0.717) is 0 Å². The topological polar surface area (TPSA) is 63.6 Å². The summed E-state index contributed by atoms with van der Waals surface area (Å²) in [6.07, 6.45) is 13.1. The Morgan fingerprint density at radius 3 is 1.80 bits per heavy atom. The third kappa shape index (κ3) is 19.1. The summed E-state index contributed by atoms with van der Waals surface area (Å²) in [7, 11) is 0. The molecule has 0 rings (SSSR count). The van der Waals surface area contributed by atoms with Gasteiger partial charge in [-0.05, 0) is 32.6 Å². The summed E-state index contributed by atoms with van der Waals surface area (Å²) < 4.78 is 5.49. The Labute approximate surface area is 191 Å². The SMILES string of the molecule is CCCCCCCCCCC(C)(CCCC)OC(=O)CC(=O)O.[H-].[H-].[Li+].[Na+]. The maximum Gasteiger partial charge on any atom is 1.00 e. The number of carbonyl (C=O) groups excluding carboxylic acids is 1. The summed E-state index contributed by atoms with van der Waals surface area (Å²) in [4.78, 5) is 22.3. The molecule has 140 valence electrons. The molecule has 0 spiro atoms. The van der Waals surface area contributed by atoms with Crippen LogP contribution in [0.5, 0.6) is 0 Å². The van der Waals surface area contributed by atoms with E-state index in [1.54, 1.807) is 0 Å². The van der Waals surface area contributed by atoms with E-state index in [0.717, 1.165) is 38.5 Å². The second kappa shape index (κ2) is 19.3. The third-order valence-electron chi connectivity index (χ3n) is 4.27. The summed E-state index contributed by atoms with van der Waals surface area (Å²) in [5.41, 5.74) is -0.509. The number of ether oxygens (including phenoxy) is 1. The number of carbonyl (C=O) groups is 2. The molecule has 1 atom stereocenters. The number of unbranched alkanes of at least 4 members (excludes halogenated alkanes) is 8. The standard InChI is InChI=1S/C19H36O4.Li.Na.2H/c1-4-6-8-9-10-11-12-13-15-19(3,14-7-5-2)23-18(22)16-17(20)21;;;;/h4-16H2,1-3H3,(H,20,21);;;;/q;2*+1;2*-1. The summed E-state index contributed by atoms with van der Waals surface area (Å²) in [6, 6.07) is 0. The van der Waals surface area contributed by atoms with E-state index in [-0.39, 0.29) is 51.3 Å². The molecule has 0 aromatic heterocycles. The monoisotopic (exact) mass is 360 g/mol. The number of hydrogen-bond acceptors (Lipinski definition) is 3. The van der Waals surface area contributed by atoms with Gasteiger partial charge in [0.2, 0.25) is 0 Å². The van der Waals surface area contributed by atoms with Crippen LogP contribution in [0.1, 0.15) is 107 Å². The Morgan fingerprint density at radius 2 is 1.32 bits per heavy atom. The summed E-state index contributed by atoms with van der Waals surface area (Å²) >= 11 is 0. The zero-order valence-corrected chi connectivity index (χ0v) is 19.4. The van der Waals surface area contributed by atoms with Gasteiger partial charge in [0, 0.05) is 0 Å². The minimum atomic E-state index is -1.13. The number of aliphatic carboxylic acids is 1. The molecule has 1 unspecified atom stereocenters. The van der Waals surface area contributed by atoms with Crippen molar-refractivity contribution in [2.24, 2.45) is 0 Å². The molecule has 0 aliphatic carbocycles. The molecule has 0 fully saturated rings. The number of hydrogen-bond donors (Lipinski definition) is 1. The van der Waals surface area contributed by atoms with Gasteiger partial charge >= 0.3 is 60.4 Å². The fraction of sp³-hybridized carbons (Fsp3) is 0.895. The summed E-state index contributed by atoms with van der Waals surface area (Å²) in [6.45, 7) is 6.28. The fourth-order valence-corrected chi connectivity index (χ4v) is 2.84. The molecule has 0 aromatic carbocycles. The van der Waals surface area contributed by atoms with Crippen molar-refractivity contribution in [3.8, 4) is 0 Å². The molecule has 4 nitrogen and oxygen atoms in total. The van der Waals surface area contributed by atoms with E-state index in [1.165, 1.54) is 38.5 Å². The molecule has 1 N–H and O–H groups in total. The largest absolute Gasteiger partial charge is 1.00 e. The molecule has 0 saturated carbocycles. The van der Waals surface area contributed by atoms with Crippen LogP contribution in [-0.2, 0) is 14.3 Å². The van der Waals surface area contributed by atoms with E-state index in [1.807, 2.05) is 6.92 Å². The predicted molar refractivity (Wildman–Crippen MR) is 95.7 cm³/mol. The first-order valence-corrected chi connectivity index (χ1v) is 9.37. The van der Waals surface area contributed by atoms with Gasteiger partial charge < -0.3 is 12.7 Å². The Morgan fingerprint density at radius 1 is 0.880 bits per heavy atom. The quantitative estimate of drug-likeness (QED) is 0.189. The van der Waals surface area contributed by atoms with Crippen molar-refractivity contribution < 1.29 is 70.7 Å². The van der Waals surface area contributed by atoms with E-state index in [9.17, 15) is 9.59 Å². The van der Waals surface area contributed by atoms with E-state index in [2.05, 4.69) is 13.8 Å². The average molecular weight is 360 g/mol. The third-order valence-corrected chi connectivity index (χ3v) is 4.27. The number of carboxylic acid groups (broad SMARTS) is 1. The second-order valence-electron chi connectivity index (χ2n) is 6.82. The van der Waals surface area contributed by atoms with Gasteiger partial charge in [0.1, 0.15) is 12.0 Å². The van der Waals surface area contributed by atoms with Gasteiger partial charge in [-0.1, -0.05) is 65.2 Å². The van der Waals surface area contributed by atoms with Crippen LogP contribution >= 0.6 is 0 Å². The average Bonchev–Trinajstić information content (AvgIpc) is 2.47. The number of carboxylic acids is 1. The van der Waals surface area contributed by atoms with Gasteiger partial charge in [-0.25, -0.2) is 0 Å². The van der Waals surface area contributed by atoms with Crippen LogP contribution in [0.4, 0.5) is 0 Å². The zero-order valence-electron chi connectivity index (χ0n) is 19.4. The molecule has 0 saturated heterocycles. The van der Waals surface area contributed by atoms with Crippen molar-refractivity contribution in [3.05, 3.63) is 0 Å². The van der Waals surface area contributed by atoms with E-state index >= 15 is 0 Å². The molecular formula is C19H38LiNaO4. The van der Waals surface area contributed by atoms with Crippen LogP contribution < -0.4 is 48.4 Å². The molecule has 6 heteroatoms. The minimum Gasteiger partial charge on any atom is -1.00 e. The summed E-state index contributed by atoms with van der Waals surface area (Å²) in [5, 5.41) is 8.69. The first-order chi connectivity index (χ1) is 10.9. The molecule has 0 aliphatic heterocycles. The van der Waals surface area contributed by atoms with E-state index in [4.69, 9.17) is 9.84 Å². The first-order valence-electron chi connectivity index (χ1n) is 9.37. The number of rotatable bonds is 15. The predicted octanol–water partition coefficient (Wildman–Crippen LogP) is -0.283. The maximum absolute atomic E-state index is 11.7. The van der Waals surface area contributed by atoms with E-state index < -0.39 is 24.0 Å². The summed E-state index contributed by atoms with van der Waals surface area (Å²) in [5.74, 6) is -1.74. The second-order valence-corrected chi connectivity index (χ2v) is 6.82. The van der Waals surface area contributed by atoms with Gasteiger partial charge in [0.05, 0.1) is 0 Å². The first kappa shape index (κ1) is 30.3. The van der Waals surface area contributed by atoms with Gasteiger partial charge in [-0.2, -0.15) is 0 Å². The Bertz CT molecular complexity index is 350. The van der Waals surface area contributed by atoms with Crippen LogP contribution in [0.15, 0.2) is 0 Å². The molecular weight excluding hydrogens is 322 g/mol. The van der Waals surface area contributed by atoms with Crippen molar-refractivity contribution in [3.63, 3.8) is 0 Å². The van der Waals surface area contributed by atoms with Crippen LogP contribution in [0.25, 0.3) is 0 Å². The fourth-order valence-electron chi connectivity index (χ4n) is 2.84. The minimum absolute atomic E-state index is 0. The Hall–Kier alpha value is 0.537. The smallest absolute Gasteiger partial charge is 1.00 e. The number of esters is 1. The Kier molecular flexibility index (Phi) is 23.4. The zero-order chi connectivity index (χ0) is 17.6. The molecule has 0 amide bonds. The van der Waals surface area contributed by atoms with Crippen LogP contribution in [0.2, 0.25) is 0 Å². The van der Waals surface area contributed by atoms with Crippen molar-refractivity contribution in [2.45, 2.75) is 110 Å². The van der Waals surface area contributed by atoms with Crippen LogP contribution in [0.3, 0.4) is 0 Å². The normalized spacial score (nSPS) is 12.4. The maximum atomic E-state index is 11.7. The van der Waals surface area contributed by atoms with Gasteiger partial charge in [0.15, 0.2) is 0 Å². The van der Waals surface area contributed by atoms with Crippen LogP contribution in [-0.4, -0.2) is 22.6 Å². The van der Waals surface area contributed by atoms with Crippen molar-refractivity contribution in [2.75, 3.05) is 0 Å².